The fourth-order valence-corrected chi connectivity index (χ4v) is 1.66. The van der Waals surface area contributed by atoms with Gasteiger partial charge in [-0.15, -0.1) is 0 Å². The molecule has 4 nitrogen and oxygen atoms in total. The molecule has 4 heteroatoms. The van der Waals surface area contributed by atoms with Gasteiger partial charge in [0.1, 0.15) is 11.4 Å². The molecule has 0 atom stereocenters. The van der Waals surface area contributed by atoms with Gasteiger partial charge in [0.15, 0.2) is 0 Å². The molecule has 0 saturated heterocycles. The molecule has 1 aromatic heterocycles. The van der Waals surface area contributed by atoms with E-state index in [0.717, 1.165) is 22.6 Å². The Kier molecular flexibility index (Phi) is 3.23. The van der Waals surface area contributed by atoms with Crippen LogP contribution in [0.2, 0.25) is 0 Å². The Bertz CT molecular complexity index is 543. The van der Waals surface area contributed by atoms with Crippen LogP contribution in [0, 0.1) is 6.92 Å². The highest BCUT2D eigenvalue weighted by atomic mass is 16.5. The Hall–Kier alpha value is -2.10. The van der Waals surface area contributed by atoms with Crippen LogP contribution in [0.3, 0.4) is 0 Å². The summed E-state index contributed by atoms with van der Waals surface area (Å²) in [4.78, 5) is 4.42. The van der Waals surface area contributed by atoms with Crippen molar-refractivity contribution < 1.29 is 4.74 Å². The second kappa shape index (κ2) is 4.82. The number of aryl methyl sites for hydroxylation is 2. The van der Waals surface area contributed by atoms with E-state index in [2.05, 4.69) is 10.1 Å². The first-order valence-corrected chi connectivity index (χ1v) is 5.37. The van der Waals surface area contributed by atoms with Gasteiger partial charge in [-0.1, -0.05) is 12.1 Å². The lowest BCUT2D eigenvalue weighted by molar-refractivity contribution is 0.413. The lowest BCUT2D eigenvalue weighted by Crippen LogP contribution is -1.87. The summed E-state index contributed by atoms with van der Waals surface area (Å²) in [6, 6.07) is 5.90. The van der Waals surface area contributed by atoms with Crippen LogP contribution in [0.5, 0.6) is 5.75 Å². The number of benzene rings is 1. The molecule has 0 bridgehead atoms. The Balaban J connectivity index is 2.29. The molecule has 88 valence electrons. The van der Waals surface area contributed by atoms with Crippen molar-refractivity contribution in [1.29, 1.82) is 0 Å². The van der Waals surface area contributed by atoms with Crippen molar-refractivity contribution in [3.63, 3.8) is 0 Å². The second-order valence-electron chi connectivity index (χ2n) is 3.83. The zero-order valence-corrected chi connectivity index (χ0v) is 10.2. The minimum absolute atomic E-state index is 0.813. The molecule has 0 aliphatic carbocycles. The minimum atomic E-state index is 0.813. The average molecular weight is 229 g/mol. The number of rotatable bonds is 3. The second-order valence-corrected chi connectivity index (χ2v) is 3.83. The van der Waals surface area contributed by atoms with Crippen LogP contribution in [0.4, 0.5) is 5.69 Å². The van der Waals surface area contributed by atoms with Crippen LogP contribution < -0.4 is 4.74 Å². The summed E-state index contributed by atoms with van der Waals surface area (Å²) in [5.74, 6) is 0.813. The van der Waals surface area contributed by atoms with Crippen molar-refractivity contribution in [2.45, 2.75) is 6.92 Å². The summed E-state index contributed by atoms with van der Waals surface area (Å²) in [5.41, 5.74) is 2.88. The van der Waals surface area contributed by atoms with E-state index in [1.807, 2.05) is 38.4 Å². The number of nitrogens with zero attached hydrogens (tertiary/aromatic N) is 3. The van der Waals surface area contributed by atoms with E-state index in [4.69, 9.17) is 4.74 Å². The number of hydrogen-bond acceptors (Lipinski definition) is 3. The average Bonchev–Trinajstić information content (AvgIpc) is 2.72. The third-order valence-electron chi connectivity index (χ3n) is 2.47. The molecule has 0 fully saturated rings. The fourth-order valence-electron chi connectivity index (χ4n) is 1.66. The molecule has 2 aromatic rings. The quantitative estimate of drug-likeness (QED) is 0.758. The Morgan fingerprint density at radius 2 is 2.24 bits per heavy atom. The van der Waals surface area contributed by atoms with Crippen molar-refractivity contribution in [1.82, 2.24) is 9.78 Å². The van der Waals surface area contributed by atoms with Gasteiger partial charge in [-0.2, -0.15) is 5.10 Å². The maximum atomic E-state index is 5.34. The molecule has 0 saturated carbocycles. The lowest BCUT2D eigenvalue weighted by atomic mass is 10.2. The summed E-state index contributed by atoms with van der Waals surface area (Å²) < 4.78 is 7.08. The topological polar surface area (TPSA) is 39.4 Å². The molecule has 1 aromatic carbocycles. The van der Waals surface area contributed by atoms with Crippen molar-refractivity contribution in [3.05, 3.63) is 41.7 Å². The number of methoxy groups -OCH3 is 1. The normalized spacial score (nSPS) is 11.0. The van der Waals surface area contributed by atoms with Gasteiger partial charge < -0.3 is 4.74 Å². The largest absolute Gasteiger partial charge is 0.494 e. The first kappa shape index (κ1) is 11.4. The van der Waals surface area contributed by atoms with E-state index in [-0.39, 0.29) is 0 Å². The van der Waals surface area contributed by atoms with Crippen LogP contribution in [0.25, 0.3) is 0 Å². The van der Waals surface area contributed by atoms with Gasteiger partial charge >= 0.3 is 0 Å². The monoisotopic (exact) mass is 229 g/mol. The summed E-state index contributed by atoms with van der Waals surface area (Å²) >= 11 is 0. The van der Waals surface area contributed by atoms with Gasteiger partial charge in [-0.05, 0) is 18.6 Å². The summed E-state index contributed by atoms with van der Waals surface area (Å²) in [6.45, 7) is 2.00. The van der Waals surface area contributed by atoms with E-state index >= 15 is 0 Å². The highest BCUT2D eigenvalue weighted by molar-refractivity contribution is 5.82. The van der Waals surface area contributed by atoms with Gasteiger partial charge in [0.2, 0.25) is 0 Å². The van der Waals surface area contributed by atoms with Gasteiger partial charge in [-0.25, -0.2) is 0 Å². The van der Waals surface area contributed by atoms with Crippen LogP contribution >= 0.6 is 0 Å². The van der Waals surface area contributed by atoms with Crippen LogP contribution in [0.1, 0.15) is 11.1 Å². The predicted octanol–water partition coefficient (Wildman–Crippen LogP) is 2.49. The highest BCUT2D eigenvalue weighted by Gasteiger charge is 2.03. The van der Waals surface area contributed by atoms with Gasteiger partial charge in [0, 0.05) is 25.0 Å². The van der Waals surface area contributed by atoms with E-state index in [1.165, 1.54) is 0 Å². The first-order chi connectivity index (χ1) is 8.20. The van der Waals surface area contributed by atoms with Crippen LogP contribution in [0.15, 0.2) is 35.6 Å². The smallest absolute Gasteiger partial charge is 0.147 e. The minimum Gasteiger partial charge on any atom is -0.494 e. The summed E-state index contributed by atoms with van der Waals surface area (Å²) in [5, 5.41) is 4.08. The third kappa shape index (κ3) is 2.53. The SMILES string of the molecule is COc1c(C)cccc1N=Cc1cnn(C)c1. The van der Waals surface area contributed by atoms with E-state index < -0.39 is 0 Å². The number of para-hydroxylation sites is 1. The zero-order valence-electron chi connectivity index (χ0n) is 10.2. The third-order valence-corrected chi connectivity index (χ3v) is 2.47. The Morgan fingerprint density at radius 3 is 2.88 bits per heavy atom. The van der Waals surface area contributed by atoms with Crippen molar-refractivity contribution in [3.8, 4) is 5.75 Å². The Morgan fingerprint density at radius 1 is 1.41 bits per heavy atom. The standard InChI is InChI=1S/C13H15N3O/c1-10-5-4-6-12(13(10)17-3)14-7-11-8-15-16(2)9-11/h4-9H,1-3H3. The molecule has 0 aliphatic heterocycles. The number of aliphatic imine (C=N–C) groups is 1. The molecule has 0 aliphatic rings. The summed E-state index contributed by atoms with van der Waals surface area (Å²) in [6.07, 6.45) is 5.46. The van der Waals surface area contributed by atoms with Crippen molar-refractivity contribution >= 4 is 11.9 Å². The molecule has 2 rings (SSSR count). The van der Waals surface area contributed by atoms with Crippen molar-refractivity contribution in [2.75, 3.05) is 7.11 Å². The molecule has 0 N–H and O–H groups in total. The number of ether oxygens (including phenoxy) is 1. The fraction of sp³-hybridized carbons (Fsp3) is 0.231. The maximum absolute atomic E-state index is 5.34. The van der Waals surface area contributed by atoms with E-state index in [0.29, 0.717) is 0 Å². The first-order valence-electron chi connectivity index (χ1n) is 5.37. The van der Waals surface area contributed by atoms with Crippen LogP contribution in [-0.2, 0) is 7.05 Å². The van der Waals surface area contributed by atoms with E-state index in [1.54, 1.807) is 24.2 Å². The number of hydrogen-bond donors (Lipinski definition) is 0. The predicted molar refractivity (Wildman–Crippen MR) is 68.2 cm³/mol. The summed E-state index contributed by atoms with van der Waals surface area (Å²) in [7, 11) is 3.54. The maximum Gasteiger partial charge on any atom is 0.147 e. The van der Waals surface area contributed by atoms with Gasteiger partial charge in [0.25, 0.3) is 0 Å². The Labute approximate surface area is 101 Å². The highest BCUT2D eigenvalue weighted by Crippen LogP contribution is 2.30. The van der Waals surface area contributed by atoms with Gasteiger partial charge in [-0.3, -0.25) is 9.67 Å². The number of aromatic nitrogens is 2. The molecular formula is C13H15N3O. The molecule has 0 spiro atoms. The van der Waals surface area contributed by atoms with Gasteiger partial charge in [0.05, 0.1) is 13.3 Å². The van der Waals surface area contributed by atoms with Crippen molar-refractivity contribution in [2.24, 2.45) is 12.0 Å². The molecule has 1 heterocycles. The molecule has 17 heavy (non-hydrogen) atoms. The lowest BCUT2D eigenvalue weighted by Gasteiger charge is -2.06. The molecular weight excluding hydrogens is 214 g/mol. The zero-order chi connectivity index (χ0) is 12.3. The van der Waals surface area contributed by atoms with Crippen LogP contribution in [-0.4, -0.2) is 23.1 Å². The molecule has 0 radical (unpaired) electrons. The molecule has 0 amide bonds. The molecule has 0 unspecified atom stereocenters. The van der Waals surface area contributed by atoms with E-state index in [9.17, 15) is 0 Å².